The SMILES string of the molecule is CC[C@H](C)[C@H](NC(=O)c1cccc(Cl)c1)C(=O)O. The number of benzene rings is 1. The van der Waals surface area contributed by atoms with E-state index in [1.54, 1.807) is 25.1 Å². The van der Waals surface area contributed by atoms with Gasteiger partial charge in [-0.3, -0.25) is 4.79 Å². The van der Waals surface area contributed by atoms with Crippen molar-refractivity contribution in [3.63, 3.8) is 0 Å². The summed E-state index contributed by atoms with van der Waals surface area (Å²) in [6.07, 6.45) is 0.673. The van der Waals surface area contributed by atoms with E-state index >= 15 is 0 Å². The highest BCUT2D eigenvalue weighted by molar-refractivity contribution is 6.30. The Balaban J connectivity index is 2.82. The van der Waals surface area contributed by atoms with Gasteiger partial charge >= 0.3 is 5.97 Å². The molecular weight excluding hydrogens is 254 g/mol. The first kappa shape index (κ1) is 14.5. The lowest BCUT2D eigenvalue weighted by Crippen LogP contribution is -2.45. The van der Waals surface area contributed by atoms with Crippen LogP contribution in [0.25, 0.3) is 0 Å². The van der Waals surface area contributed by atoms with Gasteiger partial charge in [-0.2, -0.15) is 0 Å². The molecule has 0 aromatic heterocycles. The second kappa shape index (κ2) is 6.40. The molecule has 2 atom stereocenters. The summed E-state index contributed by atoms with van der Waals surface area (Å²) >= 11 is 5.78. The lowest BCUT2D eigenvalue weighted by Gasteiger charge is -2.20. The molecule has 1 rings (SSSR count). The number of carboxylic acid groups (broad SMARTS) is 1. The van der Waals surface area contributed by atoms with Gasteiger partial charge in [-0.15, -0.1) is 0 Å². The van der Waals surface area contributed by atoms with Crippen LogP contribution in [0.2, 0.25) is 5.02 Å². The molecule has 5 heteroatoms. The second-order valence-corrected chi connectivity index (χ2v) is 4.62. The normalized spacial score (nSPS) is 13.7. The highest BCUT2D eigenvalue weighted by Crippen LogP contribution is 2.12. The molecule has 0 bridgehead atoms. The van der Waals surface area contributed by atoms with Gasteiger partial charge in [0, 0.05) is 10.6 Å². The van der Waals surface area contributed by atoms with Gasteiger partial charge in [0.15, 0.2) is 0 Å². The van der Waals surface area contributed by atoms with Crippen molar-refractivity contribution in [2.24, 2.45) is 5.92 Å². The topological polar surface area (TPSA) is 66.4 Å². The van der Waals surface area contributed by atoms with E-state index in [1.807, 2.05) is 6.92 Å². The molecule has 18 heavy (non-hydrogen) atoms. The smallest absolute Gasteiger partial charge is 0.326 e. The van der Waals surface area contributed by atoms with Crippen LogP contribution < -0.4 is 5.32 Å². The Bertz CT molecular complexity index is 448. The summed E-state index contributed by atoms with van der Waals surface area (Å²) in [7, 11) is 0. The molecule has 0 aliphatic rings. The third-order valence-electron chi connectivity index (χ3n) is 2.85. The van der Waals surface area contributed by atoms with Gasteiger partial charge in [0.2, 0.25) is 0 Å². The van der Waals surface area contributed by atoms with Crippen LogP contribution in [-0.4, -0.2) is 23.0 Å². The number of hydrogen-bond donors (Lipinski definition) is 2. The molecule has 0 saturated heterocycles. The zero-order valence-corrected chi connectivity index (χ0v) is 11.1. The maximum absolute atomic E-state index is 11.9. The Hall–Kier alpha value is -1.55. The first-order valence-electron chi connectivity index (χ1n) is 5.75. The van der Waals surface area contributed by atoms with E-state index in [0.29, 0.717) is 17.0 Å². The summed E-state index contributed by atoms with van der Waals surface area (Å²) < 4.78 is 0. The van der Waals surface area contributed by atoms with Crippen LogP contribution in [0.15, 0.2) is 24.3 Å². The largest absolute Gasteiger partial charge is 0.480 e. The van der Waals surface area contributed by atoms with Crippen LogP contribution in [0.5, 0.6) is 0 Å². The van der Waals surface area contributed by atoms with E-state index in [2.05, 4.69) is 5.32 Å². The maximum atomic E-state index is 11.9. The average molecular weight is 270 g/mol. The minimum absolute atomic E-state index is 0.134. The number of carbonyl (C=O) groups is 2. The van der Waals surface area contributed by atoms with Crippen molar-refractivity contribution < 1.29 is 14.7 Å². The van der Waals surface area contributed by atoms with Crippen molar-refractivity contribution in [2.75, 3.05) is 0 Å². The zero-order valence-electron chi connectivity index (χ0n) is 10.3. The average Bonchev–Trinajstić information content (AvgIpc) is 2.34. The highest BCUT2D eigenvalue weighted by atomic mass is 35.5. The Kier molecular flexibility index (Phi) is 5.16. The molecular formula is C13H16ClNO3. The standard InChI is InChI=1S/C13H16ClNO3/c1-3-8(2)11(13(17)18)15-12(16)9-5-4-6-10(14)7-9/h4-8,11H,3H2,1-2H3,(H,15,16)(H,17,18)/t8-,11-/m0/s1. The van der Waals surface area contributed by atoms with Crippen molar-refractivity contribution in [1.29, 1.82) is 0 Å². The lowest BCUT2D eigenvalue weighted by molar-refractivity contribution is -0.140. The Morgan fingerprint density at radius 2 is 2.11 bits per heavy atom. The monoisotopic (exact) mass is 269 g/mol. The molecule has 98 valence electrons. The van der Waals surface area contributed by atoms with Crippen LogP contribution in [-0.2, 0) is 4.79 Å². The van der Waals surface area contributed by atoms with Gasteiger partial charge in [0.25, 0.3) is 5.91 Å². The first-order valence-corrected chi connectivity index (χ1v) is 6.12. The molecule has 1 aromatic rings. The minimum Gasteiger partial charge on any atom is -0.480 e. The predicted molar refractivity (Wildman–Crippen MR) is 69.8 cm³/mol. The number of aliphatic carboxylic acids is 1. The van der Waals surface area contributed by atoms with Crippen molar-refractivity contribution in [1.82, 2.24) is 5.32 Å². The molecule has 2 N–H and O–H groups in total. The predicted octanol–water partition coefficient (Wildman–Crippen LogP) is 2.57. The number of carboxylic acids is 1. The highest BCUT2D eigenvalue weighted by Gasteiger charge is 2.25. The van der Waals surface area contributed by atoms with Crippen molar-refractivity contribution in [3.05, 3.63) is 34.9 Å². The van der Waals surface area contributed by atoms with Gasteiger partial charge < -0.3 is 10.4 Å². The number of hydrogen-bond acceptors (Lipinski definition) is 2. The molecule has 0 radical (unpaired) electrons. The first-order chi connectivity index (χ1) is 8.45. The fourth-order valence-electron chi connectivity index (χ4n) is 1.54. The molecule has 0 spiro atoms. The number of carbonyl (C=O) groups excluding carboxylic acids is 1. The van der Waals surface area contributed by atoms with E-state index in [0.717, 1.165) is 0 Å². The Labute approximate surface area is 111 Å². The number of amides is 1. The number of nitrogens with one attached hydrogen (secondary N) is 1. The lowest BCUT2D eigenvalue weighted by atomic mass is 9.99. The van der Waals surface area contributed by atoms with E-state index in [4.69, 9.17) is 16.7 Å². The van der Waals surface area contributed by atoms with Crippen molar-refractivity contribution in [3.8, 4) is 0 Å². The Morgan fingerprint density at radius 3 is 2.61 bits per heavy atom. The molecule has 0 fully saturated rings. The summed E-state index contributed by atoms with van der Waals surface area (Å²) in [5.41, 5.74) is 0.358. The summed E-state index contributed by atoms with van der Waals surface area (Å²) in [6, 6.07) is 5.52. The van der Waals surface area contributed by atoms with Crippen LogP contribution in [0.3, 0.4) is 0 Å². The minimum atomic E-state index is -1.03. The van der Waals surface area contributed by atoms with E-state index < -0.39 is 17.9 Å². The van der Waals surface area contributed by atoms with Crippen LogP contribution in [0, 0.1) is 5.92 Å². The third-order valence-corrected chi connectivity index (χ3v) is 3.09. The van der Waals surface area contributed by atoms with Gasteiger partial charge in [-0.05, 0) is 24.1 Å². The summed E-state index contributed by atoms with van der Waals surface area (Å²) in [4.78, 5) is 23.0. The quantitative estimate of drug-likeness (QED) is 0.863. The molecule has 0 unspecified atom stereocenters. The number of halogens is 1. The fourth-order valence-corrected chi connectivity index (χ4v) is 1.73. The molecule has 1 amide bonds. The molecule has 0 aliphatic carbocycles. The Morgan fingerprint density at radius 1 is 1.44 bits per heavy atom. The maximum Gasteiger partial charge on any atom is 0.326 e. The zero-order chi connectivity index (χ0) is 13.7. The molecule has 1 aromatic carbocycles. The third kappa shape index (κ3) is 3.74. The summed E-state index contributed by atoms with van der Waals surface area (Å²) in [6.45, 7) is 3.67. The molecule has 0 aliphatic heterocycles. The second-order valence-electron chi connectivity index (χ2n) is 4.19. The molecule has 0 saturated carbocycles. The van der Waals surface area contributed by atoms with E-state index in [-0.39, 0.29) is 5.92 Å². The van der Waals surface area contributed by atoms with Crippen LogP contribution in [0.4, 0.5) is 0 Å². The van der Waals surface area contributed by atoms with Gasteiger partial charge in [-0.1, -0.05) is 37.9 Å². The van der Waals surface area contributed by atoms with Gasteiger partial charge in [0.05, 0.1) is 0 Å². The summed E-state index contributed by atoms with van der Waals surface area (Å²) in [5.74, 6) is -1.59. The van der Waals surface area contributed by atoms with Crippen molar-refractivity contribution >= 4 is 23.5 Å². The van der Waals surface area contributed by atoms with Crippen molar-refractivity contribution in [2.45, 2.75) is 26.3 Å². The molecule has 0 heterocycles. The fraction of sp³-hybridized carbons (Fsp3) is 0.385. The summed E-state index contributed by atoms with van der Waals surface area (Å²) in [5, 5.41) is 12.0. The van der Waals surface area contributed by atoms with E-state index in [9.17, 15) is 9.59 Å². The van der Waals surface area contributed by atoms with Crippen LogP contribution >= 0.6 is 11.6 Å². The van der Waals surface area contributed by atoms with Crippen LogP contribution in [0.1, 0.15) is 30.6 Å². The molecule has 4 nitrogen and oxygen atoms in total. The van der Waals surface area contributed by atoms with Gasteiger partial charge in [-0.25, -0.2) is 4.79 Å². The van der Waals surface area contributed by atoms with E-state index in [1.165, 1.54) is 6.07 Å². The van der Waals surface area contributed by atoms with Gasteiger partial charge in [0.1, 0.15) is 6.04 Å². The number of rotatable bonds is 5.